The number of nitrogens with zero attached hydrogens (tertiary/aromatic N) is 2. The minimum absolute atomic E-state index is 0.0631. The number of carbonyl (C=O) groups excluding carboxylic acids is 2. The lowest BCUT2D eigenvalue weighted by Gasteiger charge is -2.10. The molecule has 33 heavy (non-hydrogen) atoms. The van der Waals surface area contributed by atoms with Gasteiger partial charge in [-0.1, -0.05) is 48.9 Å². The molecule has 0 atom stereocenters. The third kappa shape index (κ3) is 4.81. The Morgan fingerprint density at radius 1 is 0.970 bits per heavy atom. The van der Waals surface area contributed by atoms with Gasteiger partial charge in [-0.2, -0.15) is 0 Å². The Morgan fingerprint density at radius 3 is 2.15 bits per heavy atom. The fourth-order valence-corrected chi connectivity index (χ4v) is 4.50. The maximum atomic E-state index is 13.3. The molecule has 4 aromatic rings. The molecule has 0 aliphatic heterocycles. The Balaban J connectivity index is 1.74. The van der Waals surface area contributed by atoms with Crippen molar-refractivity contribution in [1.29, 1.82) is 0 Å². The van der Waals surface area contributed by atoms with Gasteiger partial charge in [-0.05, 0) is 54.8 Å². The monoisotopic (exact) mass is 480 g/mol. The molecule has 0 aliphatic rings. The topological polar surface area (TPSA) is 92.6 Å². The van der Waals surface area contributed by atoms with E-state index in [0.717, 1.165) is 16.9 Å². The van der Waals surface area contributed by atoms with E-state index < -0.39 is 17.4 Å². The number of halogens is 1. The Labute approximate surface area is 199 Å². The van der Waals surface area contributed by atoms with Crippen LogP contribution in [0.25, 0.3) is 4.96 Å². The number of hydrogen-bond acceptors (Lipinski definition) is 5. The van der Waals surface area contributed by atoms with E-state index in [4.69, 9.17) is 11.6 Å². The van der Waals surface area contributed by atoms with E-state index in [1.54, 1.807) is 43.3 Å². The van der Waals surface area contributed by atoms with E-state index in [0.29, 0.717) is 28.0 Å². The highest BCUT2D eigenvalue weighted by atomic mass is 35.5. The van der Waals surface area contributed by atoms with Gasteiger partial charge in [0.05, 0.1) is 0 Å². The molecule has 168 valence electrons. The molecule has 9 heteroatoms. The molecule has 0 fully saturated rings. The number of anilines is 2. The minimum atomic E-state index is -0.576. The molecule has 2 N–H and O–H groups in total. The van der Waals surface area contributed by atoms with Crippen LogP contribution in [0, 0.1) is 6.92 Å². The normalized spacial score (nSPS) is 11.1. The van der Waals surface area contributed by atoms with E-state index in [9.17, 15) is 14.4 Å². The standard InChI is InChI=1S/C24H21ClN4O3S/c1-13(2)15-4-8-17(9-5-15)27-22(31)20-21(23(32)28-18-10-6-16(25)7-11-18)33-24-26-14(3)12-19(30)29(20)24/h4-13H,1-3H3,(H,27,31)(H,28,32). The van der Waals surface area contributed by atoms with Crippen molar-refractivity contribution in [1.82, 2.24) is 9.38 Å². The predicted octanol–water partition coefficient (Wildman–Crippen LogP) is 5.35. The number of amides is 2. The summed E-state index contributed by atoms with van der Waals surface area (Å²) in [4.78, 5) is 43.8. The van der Waals surface area contributed by atoms with Crippen LogP contribution >= 0.6 is 22.9 Å². The van der Waals surface area contributed by atoms with E-state index in [2.05, 4.69) is 29.5 Å². The average molecular weight is 481 g/mol. The van der Waals surface area contributed by atoms with E-state index in [-0.39, 0.29) is 15.5 Å². The van der Waals surface area contributed by atoms with Crippen LogP contribution in [0.4, 0.5) is 11.4 Å². The highest BCUT2D eigenvalue weighted by Crippen LogP contribution is 2.25. The summed E-state index contributed by atoms with van der Waals surface area (Å²) in [7, 11) is 0. The molecule has 2 aromatic heterocycles. The van der Waals surface area contributed by atoms with Gasteiger partial charge in [-0.25, -0.2) is 9.38 Å². The zero-order valence-electron chi connectivity index (χ0n) is 18.2. The molecule has 0 bridgehead atoms. The molecule has 0 spiro atoms. The van der Waals surface area contributed by atoms with Gasteiger partial charge in [0, 0.05) is 28.2 Å². The number of rotatable bonds is 5. The fourth-order valence-electron chi connectivity index (χ4n) is 3.31. The number of hydrogen-bond donors (Lipinski definition) is 2. The lowest BCUT2D eigenvalue weighted by Crippen LogP contribution is -2.25. The predicted molar refractivity (Wildman–Crippen MR) is 132 cm³/mol. The lowest BCUT2D eigenvalue weighted by molar-refractivity contribution is 0.0989. The molecule has 0 radical (unpaired) electrons. The molecular weight excluding hydrogens is 460 g/mol. The summed E-state index contributed by atoms with van der Waals surface area (Å²) in [5.74, 6) is -0.746. The van der Waals surface area contributed by atoms with Crippen molar-refractivity contribution in [3.63, 3.8) is 0 Å². The van der Waals surface area contributed by atoms with Crippen molar-refractivity contribution in [2.75, 3.05) is 10.6 Å². The highest BCUT2D eigenvalue weighted by Gasteiger charge is 2.26. The van der Waals surface area contributed by atoms with Crippen molar-refractivity contribution in [2.24, 2.45) is 0 Å². The number of fused-ring (bicyclic) bond motifs is 1. The van der Waals surface area contributed by atoms with Crippen LogP contribution in [-0.4, -0.2) is 21.2 Å². The summed E-state index contributed by atoms with van der Waals surface area (Å²) in [6.07, 6.45) is 0. The van der Waals surface area contributed by atoms with E-state index >= 15 is 0 Å². The molecule has 2 heterocycles. The third-order valence-corrected chi connectivity index (χ3v) is 6.30. The number of carbonyl (C=O) groups is 2. The molecule has 0 aliphatic carbocycles. The van der Waals surface area contributed by atoms with Gasteiger partial charge in [-0.3, -0.25) is 14.4 Å². The summed E-state index contributed by atoms with van der Waals surface area (Å²) >= 11 is 6.89. The molecule has 0 saturated heterocycles. The first-order valence-corrected chi connectivity index (χ1v) is 11.4. The first-order chi connectivity index (χ1) is 15.7. The van der Waals surface area contributed by atoms with Crippen molar-refractivity contribution in [3.8, 4) is 0 Å². The van der Waals surface area contributed by atoms with Gasteiger partial charge >= 0.3 is 0 Å². The maximum Gasteiger partial charge on any atom is 0.274 e. The quantitative estimate of drug-likeness (QED) is 0.403. The summed E-state index contributed by atoms with van der Waals surface area (Å²) in [5, 5.41) is 6.08. The van der Waals surface area contributed by atoms with Crippen LogP contribution in [0.15, 0.2) is 59.4 Å². The average Bonchev–Trinajstić information content (AvgIpc) is 3.16. The largest absolute Gasteiger partial charge is 0.321 e. The van der Waals surface area contributed by atoms with E-state index in [1.807, 2.05) is 12.1 Å². The summed E-state index contributed by atoms with van der Waals surface area (Å²) in [6, 6.07) is 15.4. The number of aromatic nitrogens is 2. The van der Waals surface area contributed by atoms with Crippen molar-refractivity contribution < 1.29 is 9.59 Å². The van der Waals surface area contributed by atoms with Crippen LogP contribution in [0.3, 0.4) is 0 Å². The van der Waals surface area contributed by atoms with Crippen LogP contribution in [0.5, 0.6) is 0 Å². The molecule has 2 amide bonds. The summed E-state index contributed by atoms with van der Waals surface area (Å²) < 4.78 is 1.17. The Kier molecular flexibility index (Phi) is 6.31. The molecule has 7 nitrogen and oxygen atoms in total. The Morgan fingerprint density at radius 2 is 1.55 bits per heavy atom. The highest BCUT2D eigenvalue weighted by molar-refractivity contribution is 7.19. The van der Waals surface area contributed by atoms with Gasteiger partial charge in [0.25, 0.3) is 17.4 Å². The zero-order chi connectivity index (χ0) is 23.7. The molecule has 4 rings (SSSR count). The van der Waals surface area contributed by atoms with E-state index in [1.165, 1.54) is 10.5 Å². The lowest BCUT2D eigenvalue weighted by atomic mass is 10.0. The molecule has 2 aromatic carbocycles. The second-order valence-corrected chi connectivity index (χ2v) is 9.24. The number of nitrogens with one attached hydrogen (secondary N) is 2. The SMILES string of the molecule is Cc1cc(=O)n2c(C(=O)Nc3ccc(C(C)C)cc3)c(C(=O)Nc3ccc(Cl)cc3)sc2n1. The smallest absolute Gasteiger partial charge is 0.274 e. The molecular formula is C24H21ClN4O3S. The first-order valence-electron chi connectivity index (χ1n) is 10.2. The van der Waals surface area contributed by atoms with Crippen molar-refractivity contribution in [2.45, 2.75) is 26.7 Å². The third-order valence-electron chi connectivity index (χ3n) is 5.01. The van der Waals surface area contributed by atoms with Crippen molar-refractivity contribution >= 4 is 51.1 Å². The summed E-state index contributed by atoms with van der Waals surface area (Å²) in [5.41, 5.74) is 2.21. The maximum absolute atomic E-state index is 13.3. The second kappa shape index (κ2) is 9.17. The number of benzene rings is 2. The van der Waals surface area contributed by atoms with Gasteiger partial charge in [-0.15, -0.1) is 0 Å². The summed E-state index contributed by atoms with van der Waals surface area (Å²) in [6.45, 7) is 5.85. The van der Waals surface area contributed by atoms with Crippen LogP contribution in [0.1, 0.15) is 51.2 Å². The van der Waals surface area contributed by atoms with Gasteiger partial charge in [0.15, 0.2) is 4.96 Å². The fraction of sp³-hybridized carbons (Fsp3) is 0.167. The van der Waals surface area contributed by atoms with Crippen molar-refractivity contribution in [3.05, 3.63) is 91.8 Å². The second-order valence-electron chi connectivity index (χ2n) is 7.83. The number of aryl methyl sites for hydroxylation is 1. The zero-order valence-corrected chi connectivity index (χ0v) is 19.8. The first kappa shape index (κ1) is 22.7. The van der Waals surface area contributed by atoms with Gasteiger partial charge in [0.2, 0.25) is 0 Å². The van der Waals surface area contributed by atoms with Crippen LogP contribution in [0.2, 0.25) is 5.02 Å². The van der Waals surface area contributed by atoms with Gasteiger partial charge < -0.3 is 10.6 Å². The van der Waals surface area contributed by atoms with Crippen LogP contribution in [-0.2, 0) is 0 Å². The molecule has 0 saturated carbocycles. The molecule has 0 unspecified atom stereocenters. The minimum Gasteiger partial charge on any atom is -0.321 e. The van der Waals surface area contributed by atoms with Gasteiger partial charge in [0.1, 0.15) is 10.6 Å². The van der Waals surface area contributed by atoms with Crippen LogP contribution < -0.4 is 16.2 Å². The Bertz CT molecular complexity index is 1410. The number of thiazole rings is 1. The Hall–Kier alpha value is -3.49.